The first-order chi connectivity index (χ1) is 19.7. The zero-order chi connectivity index (χ0) is 29.1. The highest BCUT2D eigenvalue weighted by molar-refractivity contribution is 5.79. The van der Waals surface area contributed by atoms with Gasteiger partial charge in [0.15, 0.2) is 5.82 Å². The maximum absolute atomic E-state index is 13.9. The van der Waals surface area contributed by atoms with E-state index in [4.69, 9.17) is 0 Å². The molecule has 41 heavy (non-hydrogen) atoms. The number of pyridine rings is 1. The van der Waals surface area contributed by atoms with E-state index < -0.39 is 6.04 Å². The van der Waals surface area contributed by atoms with Gasteiger partial charge < -0.3 is 4.98 Å². The Hall–Kier alpha value is -4.10. The van der Waals surface area contributed by atoms with Gasteiger partial charge in [-0.3, -0.25) is 9.69 Å². The Bertz CT molecular complexity index is 1670. The second-order valence-electron chi connectivity index (χ2n) is 11.9. The monoisotopic (exact) mass is 548 g/mol. The Morgan fingerprint density at radius 2 is 1.61 bits per heavy atom. The summed E-state index contributed by atoms with van der Waals surface area (Å²) in [5.41, 5.74) is 5.72. The van der Waals surface area contributed by atoms with Gasteiger partial charge in [0.05, 0.1) is 5.54 Å². The van der Waals surface area contributed by atoms with Gasteiger partial charge >= 0.3 is 0 Å². The molecule has 5 rings (SSSR count). The maximum Gasteiger partial charge on any atom is 0.253 e. The third-order valence-corrected chi connectivity index (χ3v) is 8.13. The molecule has 212 valence electrons. The number of aromatic amines is 1. The van der Waals surface area contributed by atoms with E-state index in [0.717, 1.165) is 34.0 Å². The van der Waals surface area contributed by atoms with Crippen LogP contribution in [0.25, 0.3) is 10.9 Å². The average molecular weight is 549 g/mol. The van der Waals surface area contributed by atoms with E-state index in [1.165, 1.54) is 5.56 Å². The van der Waals surface area contributed by atoms with E-state index in [0.29, 0.717) is 30.4 Å². The van der Waals surface area contributed by atoms with Crippen LogP contribution in [0, 0.1) is 6.92 Å². The summed E-state index contributed by atoms with van der Waals surface area (Å²) in [4.78, 5) is 19.3. The summed E-state index contributed by atoms with van der Waals surface area (Å²) in [6, 6.07) is 26.8. The van der Waals surface area contributed by atoms with Crippen molar-refractivity contribution in [1.82, 2.24) is 30.1 Å². The van der Waals surface area contributed by atoms with Crippen molar-refractivity contribution in [3.05, 3.63) is 123 Å². The number of H-pyrrole nitrogens is 1. The van der Waals surface area contributed by atoms with Gasteiger partial charge in [-0.1, -0.05) is 87.0 Å². The standard InChI is InChI=1S/C34H40N6O/c1-7-34(5,6)40-32(36-37-38-40)31(29-20-28-19-24(4)13-18-30(28)35-33(29)41)39(21-25-11-9-8-10-12-25)22-26-14-16-27(17-15-26)23(2)3/h8-20,23,31H,7,21-22H2,1-6H3,(H,35,41)/t31-/m1/s1. The van der Waals surface area contributed by atoms with Crippen molar-refractivity contribution in [2.75, 3.05) is 0 Å². The highest BCUT2D eigenvalue weighted by atomic mass is 16.1. The number of hydrogen-bond donors (Lipinski definition) is 1. The minimum atomic E-state index is -0.491. The summed E-state index contributed by atoms with van der Waals surface area (Å²) in [6.45, 7) is 14.1. The molecule has 0 aliphatic carbocycles. The number of benzene rings is 3. The molecule has 0 amide bonds. The van der Waals surface area contributed by atoms with Crippen LogP contribution in [0.5, 0.6) is 0 Å². The molecule has 0 saturated carbocycles. The molecule has 0 radical (unpaired) electrons. The number of tetrazole rings is 1. The summed E-state index contributed by atoms with van der Waals surface area (Å²) in [6.07, 6.45) is 0.834. The minimum Gasteiger partial charge on any atom is -0.322 e. The van der Waals surface area contributed by atoms with Crippen LogP contribution in [-0.2, 0) is 18.6 Å². The minimum absolute atomic E-state index is 0.136. The maximum atomic E-state index is 13.9. The first-order valence-electron chi connectivity index (χ1n) is 14.5. The number of nitrogens with zero attached hydrogens (tertiary/aromatic N) is 5. The van der Waals surface area contributed by atoms with Crippen LogP contribution in [-0.4, -0.2) is 30.1 Å². The highest BCUT2D eigenvalue weighted by Gasteiger charge is 2.34. The van der Waals surface area contributed by atoms with E-state index in [-0.39, 0.29) is 11.1 Å². The third kappa shape index (κ3) is 6.15. The van der Waals surface area contributed by atoms with Gasteiger partial charge in [-0.05, 0) is 83.8 Å². The molecule has 7 heteroatoms. The molecule has 5 aromatic rings. The Morgan fingerprint density at radius 3 is 2.27 bits per heavy atom. The van der Waals surface area contributed by atoms with Gasteiger partial charge in [0, 0.05) is 24.2 Å². The highest BCUT2D eigenvalue weighted by Crippen LogP contribution is 2.33. The van der Waals surface area contributed by atoms with Crippen LogP contribution in [0.15, 0.2) is 83.7 Å². The van der Waals surface area contributed by atoms with Crippen LogP contribution in [0.1, 0.15) is 86.6 Å². The number of aryl methyl sites for hydroxylation is 1. The number of rotatable bonds is 10. The normalized spacial score (nSPS) is 12.9. The van der Waals surface area contributed by atoms with Crippen molar-refractivity contribution >= 4 is 10.9 Å². The molecule has 0 fully saturated rings. The van der Waals surface area contributed by atoms with Crippen molar-refractivity contribution in [3.8, 4) is 0 Å². The molecule has 0 bridgehead atoms. The van der Waals surface area contributed by atoms with Crippen molar-refractivity contribution in [3.63, 3.8) is 0 Å². The molecule has 3 aromatic carbocycles. The van der Waals surface area contributed by atoms with E-state index in [2.05, 4.69) is 122 Å². The molecular weight excluding hydrogens is 508 g/mol. The van der Waals surface area contributed by atoms with Gasteiger partial charge in [0.1, 0.15) is 6.04 Å². The molecule has 2 heterocycles. The Kier molecular flexibility index (Phi) is 8.18. The molecule has 1 atom stereocenters. The topological polar surface area (TPSA) is 79.7 Å². The molecule has 0 unspecified atom stereocenters. The van der Waals surface area contributed by atoms with Crippen LogP contribution >= 0.6 is 0 Å². The fourth-order valence-electron chi connectivity index (χ4n) is 5.29. The molecule has 2 aromatic heterocycles. The molecule has 7 nitrogen and oxygen atoms in total. The smallest absolute Gasteiger partial charge is 0.253 e. The summed E-state index contributed by atoms with van der Waals surface area (Å²) < 4.78 is 1.90. The lowest BCUT2D eigenvalue weighted by atomic mass is 9.97. The largest absolute Gasteiger partial charge is 0.322 e. The summed E-state index contributed by atoms with van der Waals surface area (Å²) in [7, 11) is 0. The summed E-state index contributed by atoms with van der Waals surface area (Å²) >= 11 is 0. The van der Waals surface area contributed by atoms with Gasteiger partial charge in [-0.15, -0.1) is 5.10 Å². The Balaban J connectivity index is 1.72. The fourth-order valence-corrected chi connectivity index (χ4v) is 5.29. The first-order valence-corrected chi connectivity index (χ1v) is 14.5. The van der Waals surface area contributed by atoms with Crippen molar-refractivity contribution in [2.24, 2.45) is 0 Å². The van der Waals surface area contributed by atoms with Crippen molar-refractivity contribution in [2.45, 2.75) is 78.6 Å². The van der Waals surface area contributed by atoms with E-state index in [9.17, 15) is 4.79 Å². The van der Waals surface area contributed by atoms with E-state index >= 15 is 0 Å². The molecule has 0 aliphatic rings. The van der Waals surface area contributed by atoms with Gasteiger partial charge in [0.25, 0.3) is 5.56 Å². The SMILES string of the molecule is CCC(C)(C)n1nnnc1[C@@H](c1cc2cc(C)ccc2[nH]c1=O)N(Cc1ccccc1)Cc1ccc(C(C)C)cc1. The second kappa shape index (κ2) is 11.8. The van der Waals surface area contributed by atoms with Crippen molar-refractivity contribution < 1.29 is 0 Å². The van der Waals surface area contributed by atoms with E-state index in [1.54, 1.807) is 0 Å². The van der Waals surface area contributed by atoms with Gasteiger partial charge in [-0.25, -0.2) is 4.68 Å². The number of nitrogens with one attached hydrogen (secondary N) is 1. The predicted octanol–water partition coefficient (Wildman–Crippen LogP) is 6.88. The number of aromatic nitrogens is 5. The average Bonchev–Trinajstić information content (AvgIpc) is 3.45. The Labute approximate surface area is 242 Å². The van der Waals surface area contributed by atoms with Gasteiger partial charge in [0.2, 0.25) is 0 Å². The molecule has 0 aliphatic heterocycles. The van der Waals surface area contributed by atoms with Crippen LogP contribution < -0.4 is 5.56 Å². The lowest BCUT2D eigenvalue weighted by Crippen LogP contribution is -2.38. The Morgan fingerprint density at radius 1 is 0.927 bits per heavy atom. The van der Waals surface area contributed by atoms with Crippen molar-refractivity contribution in [1.29, 1.82) is 0 Å². The first kappa shape index (κ1) is 28.4. The third-order valence-electron chi connectivity index (χ3n) is 8.13. The zero-order valence-corrected chi connectivity index (χ0v) is 24.9. The summed E-state index contributed by atoms with van der Waals surface area (Å²) in [5.74, 6) is 1.11. The van der Waals surface area contributed by atoms with E-state index in [1.807, 2.05) is 28.9 Å². The van der Waals surface area contributed by atoms with Gasteiger partial charge in [-0.2, -0.15) is 0 Å². The zero-order valence-electron chi connectivity index (χ0n) is 24.9. The fraction of sp³-hybridized carbons (Fsp3) is 0.353. The molecule has 0 saturated heterocycles. The lowest BCUT2D eigenvalue weighted by molar-refractivity contribution is 0.180. The molecular formula is C34H40N6O. The summed E-state index contributed by atoms with van der Waals surface area (Å²) in [5, 5.41) is 14.2. The van der Waals surface area contributed by atoms with Crippen LogP contribution in [0.3, 0.4) is 0 Å². The second-order valence-corrected chi connectivity index (χ2v) is 11.9. The lowest BCUT2D eigenvalue weighted by Gasteiger charge is -2.33. The number of hydrogen-bond acceptors (Lipinski definition) is 5. The number of fused-ring (bicyclic) bond motifs is 1. The van der Waals surface area contributed by atoms with Crippen LogP contribution in [0.4, 0.5) is 0 Å². The quantitative estimate of drug-likeness (QED) is 0.206. The molecule has 1 N–H and O–H groups in total. The predicted molar refractivity (Wildman–Crippen MR) is 165 cm³/mol. The molecule has 0 spiro atoms. The van der Waals surface area contributed by atoms with Crippen LogP contribution in [0.2, 0.25) is 0 Å².